The summed E-state index contributed by atoms with van der Waals surface area (Å²) in [6, 6.07) is 11.3. The molecule has 3 amide bonds. The molecule has 0 bridgehead atoms. The first-order valence-electron chi connectivity index (χ1n) is 7.65. The third-order valence-corrected chi connectivity index (χ3v) is 4.33. The molecule has 1 N–H and O–H groups in total. The standard InChI is InChI=1S/C18H18N2O3/c1-3-20-16(21)10-15(18(20)23)13-8-11-6-4-5-7-12(11)9-14(13)17(22)19-2/h4-9,15H,3,10H2,1-2H3,(H,19,22). The Kier molecular flexibility index (Phi) is 3.86. The largest absolute Gasteiger partial charge is 0.355 e. The highest BCUT2D eigenvalue weighted by molar-refractivity contribution is 6.09. The van der Waals surface area contributed by atoms with Crippen LogP contribution in [0.25, 0.3) is 10.8 Å². The van der Waals surface area contributed by atoms with Gasteiger partial charge in [-0.1, -0.05) is 24.3 Å². The quantitative estimate of drug-likeness (QED) is 0.883. The number of likely N-dealkylation sites (N-methyl/N-ethyl adjacent to an activating group) is 1. The van der Waals surface area contributed by atoms with Gasteiger partial charge in [-0.3, -0.25) is 19.3 Å². The number of carbonyl (C=O) groups excluding carboxylic acids is 3. The molecule has 0 aromatic heterocycles. The third kappa shape index (κ3) is 2.48. The highest BCUT2D eigenvalue weighted by Crippen LogP contribution is 2.34. The highest BCUT2D eigenvalue weighted by Gasteiger charge is 2.40. The molecular weight excluding hydrogens is 292 g/mol. The van der Waals surface area contributed by atoms with E-state index in [1.165, 1.54) is 4.90 Å². The number of nitrogens with one attached hydrogen (secondary N) is 1. The van der Waals surface area contributed by atoms with Crippen molar-refractivity contribution >= 4 is 28.5 Å². The first-order valence-corrected chi connectivity index (χ1v) is 7.65. The monoisotopic (exact) mass is 310 g/mol. The summed E-state index contributed by atoms with van der Waals surface area (Å²) in [5.41, 5.74) is 1.08. The van der Waals surface area contributed by atoms with Crippen LogP contribution in [0.2, 0.25) is 0 Å². The molecule has 23 heavy (non-hydrogen) atoms. The second-order valence-corrected chi connectivity index (χ2v) is 5.60. The summed E-state index contributed by atoms with van der Waals surface area (Å²) in [5.74, 6) is -1.24. The molecule has 2 aromatic rings. The van der Waals surface area contributed by atoms with Crippen molar-refractivity contribution in [3.8, 4) is 0 Å². The Morgan fingerprint density at radius 2 is 1.87 bits per heavy atom. The van der Waals surface area contributed by atoms with Crippen molar-refractivity contribution < 1.29 is 14.4 Å². The molecule has 1 heterocycles. The van der Waals surface area contributed by atoms with Crippen molar-refractivity contribution in [2.75, 3.05) is 13.6 Å². The molecule has 118 valence electrons. The van der Waals surface area contributed by atoms with Gasteiger partial charge >= 0.3 is 0 Å². The summed E-state index contributed by atoms with van der Waals surface area (Å²) in [6.45, 7) is 2.13. The fourth-order valence-electron chi connectivity index (χ4n) is 3.14. The Hall–Kier alpha value is -2.69. The minimum Gasteiger partial charge on any atom is -0.355 e. The predicted octanol–water partition coefficient (Wildman–Crippen LogP) is 2.06. The predicted molar refractivity (Wildman–Crippen MR) is 87.1 cm³/mol. The molecule has 1 saturated heterocycles. The van der Waals surface area contributed by atoms with E-state index in [0.717, 1.165) is 10.8 Å². The van der Waals surface area contributed by atoms with Crippen LogP contribution in [0.15, 0.2) is 36.4 Å². The minimum atomic E-state index is -0.584. The Balaban J connectivity index is 2.17. The van der Waals surface area contributed by atoms with Crippen molar-refractivity contribution in [2.24, 2.45) is 0 Å². The van der Waals surface area contributed by atoms with E-state index in [1.54, 1.807) is 20.0 Å². The maximum atomic E-state index is 12.5. The van der Waals surface area contributed by atoms with E-state index in [0.29, 0.717) is 17.7 Å². The van der Waals surface area contributed by atoms with Crippen LogP contribution in [0.3, 0.4) is 0 Å². The molecule has 1 aliphatic heterocycles. The van der Waals surface area contributed by atoms with E-state index < -0.39 is 5.92 Å². The van der Waals surface area contributed by atoms with E-state index in [2.05, 4.69) is 5.32 Å². The Labute approximate surface area is 134 Å². The molecule has 2 aromatic carbocycles. The maximum Gasteiger partial charge on any atom is 0.251 e. The van der Waals surface area contributed by atoms with Crippen molar-refractivity contribution in [3.63, 3.8) is 0 Å². The maximum absolute atomic E-state index is 12.5. The zero-order valence-corrected chi connectivity index (χ0v) is 13.1. The van der Waals surface area contributed by atoms with Crippen LogP contribution in [-0.4, -0.2) is 36.2 Å². The van der Waals surface area contributed by atoms with Gasteiger partial charge in [0.1, 0.15) is 0 Å². The summed E-state index contributed by atoms with van der Waals surface area (Å²) in [5, 5.41) is 4.49. The van der Waals surface area contributed by atoms with E-state index in [1.807, 2.05) is 30.3 Å². The second-order valence-electron chi connectivity index (χ2n) is 5.60. The molecule has 0 saturated carbocycles. The number of nitrogens with zero attached hydrogens (tertiary/aromatic N) is 1. The van der Waals surface area contributed by atoms with E-state index in [4.69, 9.17) is 0 Å². The van der Waals surface area contributed by atoms with Gasteiger partial charge in [0.2, 0.25) is 11.8 Å². The average Bonchev–Trinajstić information content (AvgIpc) is 2.86. The normalized spacial score (nSPS) is 17.8. The van der Waals surface area contributed by atoms with Gasteiger partial charge in [0.15, 0.2) is 0 Å². The van der Waals surface area contributed by atoms with Gasteiger partial charge in [0.25, 0.3) is 5.91 Å². The lowest BCUT2D eigenvalue weighted by Crippen LogP contribution is -2.30. The van der Waals surface area contributed by atoms with Gasteiger partial charge in [0, 0.05) is 25.6 Å². The molecule has 5 heteroatoms. The van der Waals surface area contributed by atoms with Crippen molar-refractivity contribution in [3.05, 3.63) is 47.5 Å². The smallest absolute Gasteiger partial charge is 0.251 e. The number of imide groups is 1. The SMILES string of the molecule is CCN1C(=O)CC(c2cc3ccccc3cc2C(=O)NC)C1=O. The number of hydrogen-bond donors (Lipinski definition) is 1. The molecule has 1 fully saturated rings. The molecule has 0 radical (unpaired) electrons. The van der Waals surface area contributed by atoms with Crippen LogP contribution in [0, 0.1) is 0 Å². The fourth-order valence-corrected chi connectivity index (χ4v) is 3.14. The highest BCUT2D eigenvalue weighted by atomic mass is 16.2. The van der Waals surface area contributed by atoms with Crippen LogP contribution in [0.5, 0.6) is 0 Å². The second kappa shape index (κ2) is 5.83. The van der Waals surface area contributed by atoms with E-state index in [-0.39, 0.29) is 24.1 Å². The Morgan fingerprint density at radius 3 is 2.43 bits per heavy atom. The van der Waals surface area contributed by atoms with Gasteiger partial charge < -0.3 is 5.32 Å². The zero-order valence-electron chi connectivity index (χ0n) is 13.1. The van der Waals surface area contributed by atoms with Gasteiger partial charge in [-0.2, -0.15) is 0 Å². The van der Waals surface area contributed by atoms with Gasteiger partial charge in [-0.05, 0) is 35.4 Å². The number of benzene rings is 2. The third-order valence-electron chi connectivity index (χ3n) is 4.33. The Morgan fingerprint density at radius 1 is 1.22 bits per heavy atom. The van der Waals surface area contributed by atoms with Gasteiger partial charge in [0.05, 0.1) is 5.92 Å². The number of likely N-dealkylation sites (tertiary alicyclic amines) is 1. The number of carbonyl (C=O) groups is 3. The topological polar surface area (TPSA) is 66.5 Å². The lowest BCUT2D eigenvalue weighted by atomic mass is 9.89. The summed E-state index contributed by atoms with van der Waals surface area (Å²) in [6.07, 6.45) is 0.120. The fraction of sp³-hybridized carbons (Fsp3) is 0.278. The summed E-state index contributed by atoms with van der Waals surface area (Å²) in [7, 11) is 1.56. The van der Waals surface area contributed by atoms with E-state index in [9.17, 15) is 14.4 Å². The first-order chi connectivity index (χ1) is 11.1. The molecule has 1 aliphatic rings. The van der Waals surface area contributed by atoms with Crippen molar-refractivity contribution in [2.45, 2.75) is 19.3 Å². The van der Waals surface area contributed by atoms with E-state index >= 15 is 0 Å². The number of fused-ring (bicyclic) bond motifs is 1. The van der Waals surface area contributed by atoms with Crippen molar-refractivity contribution in [1.29, 1.82) is 0 Å². The molecular formula is C18H18N2O3. The average molecular weight is 310 g/mol. The number of hydrogen-bond acceptors (Lipinski definition) is 3. The lowest BCUT2D eigenvalue weighted by Gasteiger charge is -2.16. The minimum absolute atomic E-state index is 0.120. The molecule has 1 atom stereocenters. The van der Waals surface area contributed by atoms with Crippen molar-refractivity contribution in [1.82, 2.24) is 10.2 Å². The molecule has 5 nitrogen and oxygen atoms in total. The summed E-state index contributed by atoms with van der Waals surface area (Å²) < 4.78 is 0. The van der Waals surface area contributed by atoms with Gasteiger partial charge in [-0.15, -0.1) is 0 Å². The van der Waals surface area contributed by atoms with Crippen LogP contribution in [0.1, 0.15) is 35.2 Å². The molecule has 3 rings (SSSR count). The molecule has 1 unspecified atom stereocenters. The Bertz CT molecular complexity index is 813. The van der Waals surface area contributed by atoms with Crippen LogP contribution < -0.4 is 5.32 Å². The van der Waals surface area contributed by atoms with Crippen LogP contribution in [-0.2, 0) is 9.59 Å². The lowest BCUT2D eigenvalue weighted by molar-refractivity contribution is -0.138. The summed E-state index contributed by atoms with van der Waals surface area (Å²) >= 11 is 0. The molecule has 0 aliphatic carbocycles. The first kappa shape index (κ1) is 15.2. The number of amides is 3. The summed E-state index contributed by atoms with van der Waals surface area (Å²) in [4.78, 5) is 38.0. The van der Waals surface area contributed by atoms with Gasteiger partial charge in [-0.25, -0.2) is 0 Å². The van der Waals surface area contributed by atoms with Crippen LogP contribution >= 0.6 is 0 Å². The zero-order chi connectivity index (χ0) is 16.6. The number of rotatable bonds is 3. The molecule has 0 spiro atoms. The van der Waals surface area contributed by atoms with Crippen LogP contribution in [0.4, 0.5) is 0 Å².